The molecule has 1 saturated heterocycles. The first-order valence-corrected chi connectivity index (χ1v) is 7.53. The number of nitrogens with zero attached hydrogens (tertiary/aromatic N) is 2. The highest BCUT2D eigenvalue weighted by Crippen LogP contribution is 2.33. The maximum Gasteiger partial charge on any atom is 0.325 e. The summed E-state index contributed by atoms with van der Waals surface area (Å²) in [4.78, 5) is 26.3. The van der Waals surface area contributed by atoms with E-state index < -0.39 is 11.6 Å². The molecule has 1 atom stereocenters. The second-order valence-electron chi connectivity index (χ2n) is 6.02. The Morgan fingerprint density at radius 2 is 2.04 bits per heavy atom. The zero-order chi connectivity index (χ0) is 16.9. The molecule has 7 nitrogen and oxygen atoms in total. The molecular formula is C17H15N3O4. The molecular weight excluding hydrogens is 310 g/mol. The molecule has 24 heavy (non-hydrogen) atoms. The van der Waals surface area contributed by atoms with E-state index in [2.05, 4.69) is 10.5 Å². The number of imide groups is 1. The van der Waals surface area contributed by atoms with Crippen molar-refractivity contribution in [1.29, 1.82) is 0 Å². The summed E-state index contributed by atoms with van der Waals surface area (Å²) in [6.45, 7) is 3.44. The number of rotatable bonds is 3. The molecule has 4 rings (SSSR count). The molecule has 0 bridgehead atoms. The standard InChI is InChI=1S/C17H15N3O4/c1-10-7-12(19-24-10)9-20-15(21)17(2,18-16(20)22)14-8-11-5-3-4-6-13(11)23-14/h3-8H,9H2,1-2H3,(H,18,22)/t17-/m1/s1. The second kappa shape index (κ2) is 4.95. The molecule has 1 aliphatic heterocycles. The summed E-state index contributed by atoms with van der Waals surface area (Å²) in [7, 11) is 0. The fourth-order valence-electron chi connectivity index (χ4n) is 2.89. The van der Waals surface area contributed by atoms with Crippen LogP contribution in [0.3, 0.4) is 0 Å². The van der Waals surface area contributed by atoms with E-state index >= 15 is 0 Å². The van der Waals surface area contributed by atoms with Gasteiger partial charge in [-0.05, 0) is 26.0 Å². The van der Waals surface area contributed by atoms with E-state index in [1.54, 1.807) is 26.0 Å². The van der Waals surface area contributed by atoms with E-state index in [9.17, 15) is 9.59 Å². The highest BCUT2D eigenvalue weighted by molar-refractivity contribution is 6.07. The van der Waals surface area contributed by atoms with E-state index in [0.717, 1.165) is 10.3 Å². The van der Waals surface area contributed by atoms with Crippen molar-refractivity contribution < 1.29 is 18.5 Å². The Morgan fingerprint density at radius 1 is 1.25 bits per heavy atom. The molecule has 1 aliphatic rings. The number of aromatic nitrogens is 1. The van der Waals surface area contributed by atoms with Crippen LogP contribution < -0.4 is 5.32 Å². The van der Waals surface area contributed by atoms with Gasteiger partial charge in [-0.3, -0.25) is 9.69 Å². The molecule has 0 radical (unpaired) electrons. The lowest BCUT2D eigenvalue weighted by Gasteiger charge is -2.18. The summed E-state index contributed by atoms with van der Waals surface area (Å²) in [6.07, 6.45) is 0. The minimum atomic E-state index is -1.24. The zero-order valence-electron chi connectivity index (χ0n) is 13.2. The van der Waals surface area contributed by atoms with Crippen molar-refractivity contribution in [2.24, 2.45) is 0 Å². The average molecular weight is 325 g/mol. The first kappa shape index (κ1) is 14.5. The molecule has 122 valence electrons. The summed E-state index contributed by atoms with van der Waals surface area (Å²) in [5.74, 6) is 0.644. The largest absolute Gasteiger partial charge is 0.458 e. The highest BCUT2D eigenvalue weighted by Gasteiger charge is 2.51. The van der Waals surface area contributed by atoms with Crippen molar-refractivity contribution in [3.8, 4) is 0 Å². The van der Waals surface area contributed by atoms with Gasteiger partial charge in [0.05, 0.1) is 6.54 Å². The van der Waals surface area contributed by atoms with Gasteiger partial charge in [0.15, 0.2) is 5.54 Å². The Labute approximate surface area is 137 Å². The molecule has 3 aromatic rings. The number of carbonyl (C=O) groups is 2. The van der Waals surface area contributed by atoms with E-state index in [1.807, 2.05) is 24.3 Å². The molecule has 7 heteroatoms. The molecule has 0 spiro atoms. The SMILES string of the molecule is Cc1cc(CN2C(=O)N[C@](C)(c3cc4ccccc4o3)C2=O)no1. The van der Waals surface area contributed by atoms with Crippen molar-refractivity contribution in [2.75, 3.05) is 0 Å². The van der Waals surface area contributed by atoms with Crippen LogP contribution in [0.5, 0.6) is 0 Å². The normalized spacial score (nSPS) is 20.8. The molecule has 3 amide bonds. The Hall–Kier alpha value is -3.09. The third-order valence-corrected chi connectivity index (χ3v) is 4.19. The van der Waals surface area contributed by atoms with Gasteiger partial charge in [0.2, 0.25) is 0 Å². The minimum Gasteiger partial charge on any atom is -0.458 e. The number of carbonyl (C=O) groups excluding carboxylic acids is 2. The maximum absolute atomic E-state index is 12.9. The highest BCUT2D eigenvalue weighted by atomic mass is 16.5. The van der Waals surface area contributed by atoms with Gasteiger partial charge in [0, 0.05) is 11.5 Å². The number of hydrogen-bond donors (Lipinski definition) is 1. The van der Waals surface area contributed by atoms with Crippen LogP contribution >= 0.6 is 0 Å². The van der Waals surface area contributed by atoms with E-state index in [0.29, 0.717) is 22.8 Å². The van der Waals surface area contributed by atoms with Crippen molar-refractivity contribution in [1.82, 2.24) is 15.4 Å². The Kier molecular flexibility index (Phi) is 2.99. The molecule has 1 aromatic carbocycles. The number of hydrogen-bond acceptors (Lipinski definition) is 5. The molecule has 0 saturated carbocycles. The lowest BCUT2D eigenvalue weighted by molar-refractivity contribution is -0.132. The number of fused-ring (bicyclic) bond motifs is 1. The molecule has 2 aromatic heterocycles. The number of nitrogens with one attached hydrogen (secondary N) is 1. The van der Waals surface area contributed by atoms with Gasteiger partial charge < -0.3 is 14.3 Å². The topological polar surface area (TPSA) is 88.6 Å². The summed E-state index contributed by atoms with van der Waals surface area (Å²) < 4.78 is 10.8. The van der Waals surface area contributed by atoms with Crippen LogP contribution in [0.4, 0.5) is 4.79 Å². The van der Waals surface area contributed by atoms with Crippen LogP contribution in [-0.2, 0) is 16.9 Å². The first-order valence-electron chi connectivity index (χ1n) is 7.53. The second-order valence-corrected chi connectivity index (χ2v) is 6.02. The summed E-state index contributed by atoms with van der Waals surface area (Å²) in [5.41, 5.74) is -0.0549. The van der Waals surface area contributed by atoms with E-state index in [-0.39, 0.29) is 12.5 Å². The first-order chi connectivity index (χ1) is 11.5. The van der Waals surface area contributed by atoms with Crippen LogP contribution in [-0.4, -0.2) is 22.0 Å². The minimum absolute atomic E-state index is 0.0534. The predicted molar refractivity (Wildman–Crippen MR) is 83.9 cm³/mol. The lowest BCUT2D eigenvalue weighted by atomic mass is 9.99. The van der Waals surface area contributed by atoms with Crippen molar-refractivity contribution in [3.05, 3.63) is 53.6 Å². The number of aryl methyl sites for hydroxylation is 1. The maximum atomic E-state index is 12.9. The monoisotopic (exact) mass is 325 g/mol. The number of urea groups is 1. The van der Waals surface area contributed by atoms with E-state index in [4.69, 9.17) is 8.94 Å². The van der Waals surface area contributed by atoms with Crippen LogP contribution in [0.1, 0.15) is 24.1 Å². The number of para-hydroxylation sites is 1. The Morgan fingerprint density at radius 3 is 2.75 bits per heavy atom. The smallest absolute Gasteiger partial charge is 0.325 e. The fraction of sp³-hybridized carbons (Fsp3) is 0.235. The third kappa shape index (κ3) is 2.09. The number of furan rings is 1. The van der Waals surface area contributed by atoms with Gasteiger partial charge in [-0.2, -0.15) is 0 Å². The molecule has 0 unspecified atom stereocenters. The predicted octanol–water partition coefficient (Wildman–Crippen LogP) is 2.70. The van der Waals surface area contributed by atoms with Crippen LogP contribution in [0.25, 0.3) is 11.0 Å². The van der Waals surface area contributed by atoms with Gasteiger partial charge in [0.25, 0.3) is 5.91 Å². The van der Waals surface area contributed by atoms with Gasteiger partial charge in [0.1, 0.15) is 22.8 Å². The Balaban J connectivity index is 1.68. The van der Waals surface area contributed by atoms with Gasteiger partial charge in [-0.1, -0.05) is 23.4 Å². The number of benzene rings is 1. The van der Waals surface area contributed by atoms with Crippen LogP contribution in [0, 0.1) is 6.92 Å². The Bertz CT molecular complexity index is 925. The van der Waals surface area contributed by atoms with Crippen molar-refractivity contribution in [2.45, 2.75) is 25.9 Å². The van der Waals surface area contributed by atoms with Crippen molar-refractivity contribution >= 4 is 22.9 Å². The van der Waals surface area contributed by atoms with Gasteiger partial charge >= 0.3 is 6.03 Å². The zero-order valence-corrected chi connectivity index (χ0v) is 13.2. The lowest BCUT2D eigenvalue weighted by Crippen LogP contribution is -2.40. The summed E-state index contributed by atoms with van der Waals surface area (Å²) >= 11 is 0. The molecule has 1 fully saturated rings. The van der Waals surface area contributed by atoms with Crippen LogP contribution in [0.2, 0.25) is 0 Å². The number of amides is 3. The quantitative estimate of drug-likeness (QED) is 0.748. The summed E-state index contributed by atoms with van der Waals surface area (Å²) in [6, 6.07) is 10.4. The van der Waals surface area contributed by atoms with E-state index in [1.165, 1.54) is 0 Å². The van der Waals surface area contributed by atoms with Gasteiger partial charge in [-0.15, -0.1) is 0 Å². The van der Waals surface area contributed by atoms with Crippen molar-refractivity contribution in [3.63, 3.8) is 0 Å². The molecule has 3 heterocycles. The average Bonchev–Trinajstić information content (AvgIpc) is 3.22. The summed E-state index contributed by atoms with van der Waals surface area (Å²) in [5, 5.41) is 7.43. The molecule has 0 aliphatic carbocycles. The molecule has 1 N–H and O–H groups in total. The third-order valence-electron chi connectivity index (χ3n) is 4.19. The van der Waals surface area contributed by atoms with Gasteiger partial charge in [-0.25, -0.2) is 4.79 Å². The fourth-order valence-corrected chi connectivity index (χ4v) is 2.89. The van der Waals surface area contributed by atoms with Crippen LogP contribution in [0.15, 0.2) is 45.3 Å².